The van der Waals surface area contributed by atoms with Crippen LogP contribution in [0.5, 0.6) is 5.75 Å². The van der Waals surface area contributed by atoms with Gasteiger partial charge in [-0.3, -0.25) is 4.79 Å². The molecule has 1 amide bonds. The second-order valence-electron chi connectivity index (χ2n) is 6.93. The van der Waals surface area contributed by atoms with Crippen LogP contribution in [0.4, 0.5) is 0 Å². The number of nitrogens with two attached hydrogens (primary N) is 1. The molecule has 24 heavy (non-hydrogen) atoms. The van der Waals surface area contributed by atoms with Crippen LogP contribution in [0.3, 0.4) is 0 Å². The third-order valence-corrected chi connectivity index (χ3v) is 4.90. The SMILES string of the molecule is CC1(CN)CCN(C(=O)c2ccccc2OCC2CCCO2)C1.Cl. The van der Waals surface area contributed by atoms with Crippen LogP contribution in [-0.2, 0) is 4.74 Å². The molecule has 2 aliphatic rings. The molecule has 2 heterocycles. The lowest BCUT2D eigenvalue weighted by atomic mass is 9.90. The molecule has 1 aromatic carbocycles. The minimum absolute atomic E-state index is 0. The molecule has 6 heteroatoms. The molecule has 2 aliphatic heterocycles. The Morgan fingerprint density at radius 1 is 1.46 bits per heavy atom. The van der Waals surface area contributed by atoms with Crippen LogP contribution >= 0.6 is 12.4 Å². The molecule has 0 aromatic heterocycles. The second-order valence-corrected chi connectivity index (χ2v) is 6.93. The van der Waals surface area contributed by atoms with Gasteiger partial charge in [0.05, 0.1) is 11.7 Å². The number of nitrogens with zero attached hydrogens (tertiary/aromatic N) is 1. The Labute approximate surface area is 149 Å². The van der Waals surface area contributed by atoms with Gasteiger partial charge < -0.3 is 20.1 Å². The van der Waals surface area contributed by atoms with Gasteiger partial charge >= 0.3 is 0 Å². The van der Waals surface area contributed by atoms with Gasteiger partial charge in [0.2, 0.25) is 0 Å². The molecule has 2 fully saturated rings. The lowest BCUT2D eigenvalue weighted by Crippen LogP contribution is -2.34. The van der Waals surface area contributed by atoms with Crippen molar-refractivity contribution in [2.24, 2.45) is 11.1 Å². The first-order chi connectivity index (χ1) is 11.1. The Bertz CT molecular complexity index is 563. The van der Waals surface area contributed by atoms with Crippen molar-refractivity contribution in [1.29, 1.82) is 0 Å². The highest BCUT2D eigenvalue weighted by atomic mass is 35.5. The summed E-state index contributed by atoms with van der Waals surface area (Å²) in [6.07, 6.45) is 3.20. The smallest absolute Gasteiger partial charge is 0.257 e. The van der Waals surface area contributed by atoms with Gasteiger partial charge in [-0.15, -0.1) is 12.4 Å². The molecular formula is C18H27ClN2O3. The molecule has 5 nitrogen and oxygen atoms in total. The van der Waals surface area contributed by atoms with E-state index in [-0.39, 0.29) is 29.8 Å². The van der Waals surface area contributed by atoms with Gasteiger partial charge in [0.1, 0.15) is 12.4 Å². The Kier molecular flexibility index (Phi) is 6.49. The molecule has 2 atom stereocenters. The summed E-state index contributed by atoms with van der Waals surface area (Å²) in [4.78, 5) is 14.7. The van der Waals surface area contributed by atoms with E-state index >= 15 is 0 Å². The largest absolute Gasteiger partial charge is 0.490 e. The van der Waals surface area contributed by atoms with Crippen molar-refractivity contribution in [3.05, 3.63) is 29.8 Å². The average molecular weight is 355 g/mol. The Morgan fingerprint density at radius 2 is 2.25 bits per heavy atom. The molecule has 134 valence electrons. The van der Waals surface area contributed by atoms with E-state index in [4.69, 9.17) is 15.2 Å². The van der Waals surface area contributed by atoms with E-state index in [0.29, 0.717) is 31.0 Å². The van der Waals surface area contributed by atoms with Crippen molar-refractivity contribution in [1.82, 2.24) is 4.90 Å². The first kappa shape index (κ1) is 19.0. The van der Waals surface area contributed by atoms with Gasteiger partial charge in [-0.05, 0) is 43.4 Å². The zero-order valence-corrected chi connectivity index (χ0v) is 15.0. The highest BCUT2D eigenvalue weighted by molar-refractivity contribution is 5.97. The number of para-hydroxylation sites is 1. The molecule has 2 unspecified atom stereocenters. The first-order valence-electron chi connectivity index (χ1n) is 8.44. The van der Waals surface area contributed by atoms with Crippen molar-refractivity contribution < 1.29 is 14.3 Å². The van der Waals surface area contributed by atoms with E-state index in [9.17, 15) is 4.79 Å². The fraction of sp³-hybridized carbons (Fsp3) is 0.611. The lowest BCUT2D eigenvalue weighted by molar-refractivity contribution is 0.0655. The van der Waals surface area contributed by atoms with Crippen LogP contribution in [-0.4, -0.2) is 49.8 Å². The number of rotatable bonds is 5. The maximum absolute atomic E-state index is 12.8. The van der Waals surface area contributed by atoms with Crippen molar-refractivity contribution in [2.45, 2.75) is 32.3 Å². The fourth-order valence-corrected chi connectivity index (χ4v) is 3.26. The van der Waals surface area contributed by atoms with E-state index in [1.807, 2.05) is 29.2 Å². The summed E-state index contributed by atoms with van der Waals surface area (Å²) >= 11 is 0. The van der Waals surface area contributed by atoms with Crippen LogP contribution in [0.15, 0.2) is 24.3 Å². The third kappa shape index (κ3) is 4.21. The van der Waals surface area contributed by atoms with Gasteiger partial charge in [-0.25, -0.2) is 0 Å². The summed E-state index contributed by atoms with van der Waals surface area (Å²) in [6, 6.07) is 7.48. The number of benzene rings is 1. The average Bonchev–Trinajstić information content (AvgIpc) is 3.23. The number of carbonyl (C=O) groups is 1. The van der Waals surface area contributed by atoms with E-state index in [2.05, 4.69) is 6.92 Å². The van der Waals surface area contributed by atoms with Gasteiger partial charge in [0.25, 0.3) is 5.91 Å². The number of hydrogen-bond donors (Lipinski definition) is 1. The number of likely N-dealkylation sites (tertiary alicyclic amines) is 1. The molecule has 3 rings (SSSR count). The highest BCUT2D eigenvalue weighted by Crippen LogP contribution is 2.31. The van der Waals surface area contributed by atoms with E-state index in [1.54, 1.807) is 0 Å². The molecule has 0 aliphatic carbocycles. The summed E-state index contributed by atoms with van der Waals surface area (Å²) in [6.45, 7) is 5.52. The molecule has 2 saturated heterocycles. The van der Waals surface area contributed by atoms with E-state index in [0.717, 1.165) is 32.4 Å². The van der Waals surface area contributed by atoms with E-state index < -0.39 is 0 Å². The summed E-state index contributed by atoms with van der Waals surface area (Å²) in [5, 5.41) is 0. The molecule has 0 spiro atoms. The zero-order chi connectivity index (χ0) is 16.3. The minimum atomic E-state index is 0. The standard InChI is InChI=1S/C18H26N2O3.ClH/c1-18(12-19)8-9-20(13-18)17(21)15-6-2-3-7-16(15)23-11-14-5-4-10-22-14;/h2-3,6-7,14H,4-5,8-13,19H2,1H3;1H. The number of carbonyl (C=O) groups excluding carboxylic acids is 1. The Balaban J connectivity index is 0.00000208. The van der Waals surface area contributed by atoms with Crippen LogP contribution in [0, 0.1) is 5.41 Å². The summed E-state index contributed by atoms with van der Waals surface area (Å²) in [7, 11) is 0. The van der Waals surface area contributed by atoms with Crippen LogP contribution in [0.25, 0.3) is 0 Å². The maximum Gasteiger partial charge on any atom is 0.257 e. The zero-order valence-electron chi connectivity index (χ0n) is 14.2. The third-order valence-electron chi connectivity index (χ3n) is 4.90. The number of ether oxygens (including phenoxy) is 2. The quantitative estimate of drug-likeness (QED) is 0.882. The van der Waals surface area contributed by atoms with Crippen molar-refractivity contribution >= 4 is 18.3 Å². The molecule has 0 saturated carbocycles. The predicted octanol–water partition coefficient (Wildman–Crippen LogP) is 2.48. The molecule has 0 bridgehead atoms. The van der Waals surface area contributed by atoms with Crippen molar-refractivity contribution in [3.63, 3.8) is 0 Å². The molecular weight excluding hydrogens is 328 g/mol. The topological polar surface area (TPSA) is 64.8 Å². The molecule has 2 N–H and O–H groups in total. The lowest BCUT2D eigenvalue weighted by Gasteiger charge is -2.23. The van der Waals surface area contributed by atoms with Gasteiger partial charge in [0.15, 0.2) is 0 Å². The number of halogens is 1. The van der Waals surface area contributed by atoms with Crippen LogP contribution in [0.1, 0.15) is 36.5 Å². The summed E-state index contributed by atoms with van der Waals surface area (Å²) < 4.78 is 11.5. The Morgan fingerprint density at radius 3 is 2.92 bits per heavy atom. The fourth-order valence-electron chi connectivity index (χ4n) is 3.26. The van der Waals surface area contributed by atoms with Crippen molar-refractivity contribution in [2.75, 3.05) is 32.8 Å². The number of hydrogen-bond acceptors (Lipinski definition) is 4. The van der Waals surface area contributed by atoms with Gasteiger partial charge in [-0.1, -0.05) is 19.1 Å². The monoisotopic (exact) mass is 354 g/mol. The summed E-state index contributed by atoms with van der Waals surface area (Å²) in [5.41, 5.74) is 6.50. The normalized spacial score (nSPS) is 26.2. The second kappa shape index (κ2) is 8.19. The van der Waals surface area contributed by atoms with E-state index in [1.165, 1.54) is 0 Å². The Hall–Kier alpha value is -1.30. The van der Waals surface area contributed by atoms with Crippen LogP contribution in [0.2, 0.25) is 0 Å². The molecule has 0 radical (unpaired) electrons. The predicted molar refractivity (Wildman–Crippen MR) is 95.8 cm³/mol. The maximum atomic E-state index is 12.8. The molecule has 1 aromatic rings. The highest BCUT2D eigenvalue weighted by Gasteiger charge is 2.35. The van der Waals surface area contributed by atoms with Gasteiger partial charge in [0, 0.05) is 19.7 Å². The summed E-state index contributed by atoms with van der Waals surface area (Å²) in [5.74, 6) is 0.680. The number of amides is 1. The minimum Gasteiger partial charge on any atom is -0.490 e. The van der Waals surface area contributed by atoms with Crippen LogP contribution < -0.4 is 10.5 Å². The van der Waals surface area contributed by atoms with Crippen molar-refractivity contribution in [3.8, 4) is 5.75 Å². The van der Waals surface area contributed by atoms with Gasteiger partial charge in [-0.2, -0.15) is 0 Å². The first-order valence-corrected chi connectivity index (χ1v) is 8.44.